The number of aromatic nitrogens is 1. The average molecular weight is 432 g/mol. The van der Waals surface area contributed by atoms with E-state index in [4.69, 9.17) is 0 Å². The fourth-order valence-electron chi connectivity index (χ4n) is 5.20. The third kappa shape index (κ3) is 4.77. The highest BCUT2D eigenvalue weighted by Gasteiger charge is 2.43. The van der Waals surface area contributed by atoms with Gasteiger partial charge in [0, 0.05) is 46.0 Å². The number of carbonyl (C=O) groups excluding carboxylic acids is 2. The molecule has 1 atom stereocenters. The van der Waals surface area contributed by atoms with E-state index in [1.165, 1.54) is 5.56 Å². The number of rotatable bonds is 6. The molecule has 168 valence electrons. The number of carbonyl (C=O) groups is 2. The van der Waals surface area contributed by atoms with Crippen LogP contribution in [0.15, 0.2) is 60.9 Å². The SMILES string of the molecule is CN(C)C(=O)C1(Cc2ccccc2-c2ccncc2)CCN(C(=O)CC2C=CCC2)CC1. The van der Waals surface area contributed by atoms with Gasteiger partial charge in [-0.3, -0.25) is 14.6 Å². The molecule has 1 aromatic heterocycles. The lowest BCUT2D eigenvalue weighted by Crippen LogP contribution is -2.51. The number of piperidine rings is 1. The van der Waals surface area contributed by atoms with Crippen molar-refractivity contribution in [2.75, 3.05) is 27.2 Å². The molecule has 2 heterocycles. The van der Waals surface area contributed by atoms with Gasteiger partial charge in [-0.2, -0.15) is 0 Å². The van der Waals surface area contributed by atoms with Gasteiger partial charge in [-0.1, -0.05) is 36.4 Å². The minimum Gasteiger partial charge on any atom is -0.348 e. The first-order valence-corrected chi connectivity index (χ1v) is 11.6. The Morgan fingerprint density at radius 3 is 2.47 bits per heavy atom. The second-order valence-electron chi connectivity index (χ2n) is 9.40. The Morgan fingerprint density at radius 1 is 1.09 bits per heavy atom. The minimum absolute atomic E-state index is 0.160. The maximum Gasteiger partial charge on any atom is 0.228 e. The van der Waals surface area contributed by atoms with Crippen LogP contribution in [0.3, 0.4) is 0 Å². The van der Waals surface area contributed by atoms with Gasteiger partial charge in [-0.25, -0.2) is 0 Å². The number of allylic oxidation sites excluding steroid dienone is 2. The van der Waals surface area contributed by atoms with Gasteiger partial charge in [-0.15, -0.1) is 0 Å². The summed E-state index contributed by atoms with van der Waals surface area (Å²) in [5.74, 6) is 0.766. The van der Waals surface area contributed by atoms with E-state index in [1.807, 2.05) is 43.3 Å². The molecule has 0 saturated carbocycles. The van der Waals surface area contributed by atoms with Crippen molar-refractivity contribution in [3.8, 4) is 11.1 Å². The zero-order chi connectivity index (χ0) is 22.6. The summed E-state index contributed by atoms with van der Waals surface area (Å²) in [6.45, 7) is 1.29. The minimum atomic E-state index is -0.489. The fourth-order valence-corrected chi connectivity index (χ4v) is 5.20. The topological polar surface area (TPSA) is 53.5 Å². The van der Waals surface area contributed by atoms with Gasteiger partial charge < -0.3 is 9.80 Å². The Morgan fingerprint density at radius 2 is 1.81 bits per heavy atom. The number of amides is 2. The van der Waals surface area contributed by atoms with Crippen LogP contribution in [-0.4, -0.2) is 53.8 Å². The van der Waals surface area contributed by atoms with Crippen LogP contribution in [0.25, 0.3) is 11.1 Å². The van der Waals surface area contributed by atoms with E-state index >= 15 is 0 Å². The third-order valence-corrected chi connectivity index (χ3v) is 7.02. The fraction of sp³-hybridized carbons (Fsp3) is 0.444. The van der Waals surface area contributed by atoms with Crippen molar-refractivity contribution in [2.24, 2.45) is 11.3 Å². The molecule has 2 amide bonds. The zero-order valence-electron chi connectivity index (χ0n) is 19.2. The van der Waals surface area contributed by atoms with Crippen molar-refractivity contribution in [2.45, 2.75) is 38.5 Å². The smallest absolute Gasteiger partial charge is 0.228 e. The molecule has 5 nitrogen and oxygen atoms in total. The number of benzene rings is 1. The lowest BCUT2D eigenvalue weighted by molar-refractivity contribution is -0.146. The molecule has 1 aromatic carbocycles. The summed E-state index contributed by atoms with van der Waals surface area (Å²) in [4.78, 5) is 34.1. The Bertz CT molecular complexity index is 975. The number of hydrogen-bond acceptors (Lipinski definition) is 3. The number of nitrogens with zero attached hydrogens (tertiary/aromatic N) is 3. The van der Waals surface area contributed by atoms with Gasteiger partial charge in [-0.05, 0) is 66.8 Å². The predicted molar refractivity (Wildman–Crippen MR) is 127 cm³/mol. The Kier molecular flexibility index (Phi) is 6.73. The highest BCUT2D eigenvalue weighted by atomic mass is 16.2. The molecule has 2 aromatic rings. The van der Waals surface area contributed by atoms with E-state index < -0.39 is 5.41 Å². The van der Waals surface area contributed by atoms with Crippen molar-refractivity contribution < 1.29 is 9.59 Å². The summed E-state index contributed by atoms with van der Waals surface area (Å²) in [7, 11) is 3.67. The number of pyridine rings is 1. The molecule has 5 heteroatoms. The van der Waals surface area contributed by atoms with Crippen LogP contribution in [0.5, 0.6) is 0 Å². The molecule has 1 aliphatic carbocycles. The quantitative estimate of drug-likeness (QED) is 0.639. The van der Waals surface area contributed by atoms with Crippen LogP contribution in [0.1, 0.15) is 37.7 Å². The van der Waals surface area contributed by atoms with Crippen molar-refractivity contribution in [3.63, 3.8) is 0 Å². The molecule has 1 saturated heterocycles. The van der Waals surface area contributed by atoms with Crippen LogP contribution in [-0.2, 0) is 16.0 Å². The maximum absolute atomic E-state index is 13.4. The first-order valence-electron chi connectivity index (χ1n) is 11.6. The van der Waals surface area contributed by atoms with Crippen LogP contribution in [0.4, 0.5) is 0 Å². The molecule has 0 spiro atoms. The molecule has 1 fully saturated rings. The summed E-state index contributed by atoms with van der Waals surface area (Å²) >= 11 is 0. The van der Waals surface area contributed by atoms with Gasteiger partial charge in [0.05, 0.1) is 5.41 Å². The summed E-state index contributed by atoms with van der Waals surface area (Å²) in [6.07, 6.45) is 12.8. The van der Waals surface area contributed by atoms with Gasteiger partial charge in [0.1, 0.15) is 0 Å². The van der Waals surface area contributed by atoms with E-state index in [0.717, 1.165) is 24.0 Å². The molecule has 0 N–H and O–H groups in total. The number of likely N-dealkylation sites (tertiary alicyclic amines) is 1. The Hall–Kier alpha value is -2.95. The monoisotopic (exact) mass is 431 g/mol. The lowest BCUT2D eigenvalue weighted by Gasteiger charge is -2.42. The molecule has 4 rings (SSSR count). The van der Waals surface area contributed by atoms with Crippen LogP contribution >= 0.6 is 0 Å². The van der Waals surface area contributed by atoms with Crippen LogP contribution in [0.2, 0.25) is 0 Å². The molecule has 0 bridgehead atoms. The van der Waals surface area contributed by atoms with Gasteiger partial charge in [0.2, 0.25) is 11.8 Å². The van der Waals surface area contributed by atoms with E-state index in [2.05, 4.69) is 29.3 Å². The summed E-state index contributed by atoms with van der Waals surface area (Å²) < 4.78 is 0. The molecular weight excluding hydrogens is 398 g/mol. The van der Waals surface area contributed by atoms with Crippen molar-refractivity contribution >= 4 is 11.8 Å². The molecule has 32 heavy (non-hydrogen) atoms. The first-order chi connectivity index (χ1) is 15.5. The van der Waals surface area contributed by atoms with Gasteiger partial charge >= 0.3 is 0 Å². The number of hydrogen-bond donors (Lipinski definition) is 0. The normalized spacial score (nSPS) is 19.7. The Labute approximate surface area is 191 Å². The van der Waals surface area contributed by atoms with Crippen molar-refractivity contribution in [3.05, 3.63) is 66.5 Å². The highest BCUT2D eigenvalue weighted by molar-refractivity contribution is 5.84. The Balaban J connectivity index is 1.54. The molecule has 0 radical (unpaired) electrons. The van der Waals surface area contributed by atoms with E-state index in [-0.39, 0.29) is 11.8 Å². The second kappa shape index (κ2) is 9.68. The predicted octanol–water partition coefficient (Wildman–Crippen LogP) is 4.34. The lowest BCUT2D eigenvalue weighted by atomic mass is 9.71. The average Bonchev–Trinajstić information content (AvgIpc) is 3.33. The van der Waals surface area contributed by atoms with Crippen LogP contribution < -0.4 is 0 Å². The largest absolute Gasteiger partial charge is 0.348 e. The summed E-state index contributed by atoms with van der Waals surface area (Å²) in [5.41, 5.74) is 2.94. The molecule has 1 unspecified atom stereocenters. The summed E-state index contributed by atoms with van der Waals surface area (Å²) in [5, 5.41) is 0. The summed E-state index contributed by atoms with van der Waals surface area (Å²) in [6, 6.07) is 12.4. The van der Waals surface area contributed by atoms with Gasteiger partial charge in [0.15, 0.2) is 0 Å². The highest BCUT2D eigenvalue weighted by Crippen LogP contribution is 2.39. The van der Waals surface area contributed by atoms with Crippen LogP contribution in [0, 0.1) is 11.3 Å². The maximum atomic E-state index is 13.4. The third-order valence-electron chi connectivity index (χ3n) is 7.02. The standard InChI is InChI=1S/C27H33N3O2/c1-29(2)26(32)27(13-17-30(18-14-27)25(31)19-21-7-3-4-8-21)20-23-9-5-6-10-24(23)22-11-15-28-16-12-22/h3,5-7,9-12,15-16,21H,4,8,13-14,17-20H2,1-2H3. The van der Waals surface area contributed by atoms with E-state index in [0.29, 0.717) is 44.7 Å². The van der Waals surface area contributed by atoms with E-state index in [1.54, 1.807) is 17.3 Å². The molecule has 1 aliphatic heterocycles. The molecule has 2 aliphatic rings. The first kappa shape index (κ1) is 22.3. The zero-order valence-corrected chi connectivity index (χ0v) is 19.2. The second-order valence-corrected chi connectivity index (χ2v) is 9.40. The molecular formula is C27H33N3O2. The van der Waals surface area contributed by atoms with Gasteiger partial charge in [0.25, 0.3) is 0 Å². The van der Waals surface area contributed by atoms with Crippen molar-refractivity contribution in [1.82, 2.24) is 14.8 Å². The van der Waals surface area contributed by atoms with E-state index in [9.17, 15) is 9.59 Å². The van der Waals surface area contributed by atoms with Crippen molar-refractivity contribution in [1.29, 1.82) is 0 Å².